The Morgan fingerprint density at radius 3 is 2.09 bits per heavy atom. The Morgan fingerprint density at radius 1 is 0.853 bits per heavy atom. The third-order valence-corrected chi connectivity index (χ3v) is 6.55. The molecule has 172 valence electrons. The fourth-order valence-electron chi connectivity index (χ4n) is 4.65. The lowest BCUT2D eigenvalue weighted by molar-refractivity contribution is -0.122. The second-order valence-corrected chi connectivity index (χ2v) is 9.06. The molecule has 1 heterocycles. The van der Waals surface area contributed by atoms with E-state index < -0.39 is 0 Å². The number of benzene rings is 4. The molecule has 0 saturated carbocycles. The van der Waals surface area contributed by atoms with Crippen LogP contribution < -0.4 is 5.43 Å². The van der Waals surface area contributed by atoms with Gasteiger partial charge < -0.3 is 0 Å². The zero-order valence-electron chi connectivity index (χ0n) is 19.6. The molecule has 5 heteroatoms. The van der Waals surface area contributed by atoms with Crippen LogP contribution in [0, 0.1) is 6.92 Å². The van der Waals surface area contributed by atoms with Crippen molar-refractivity contribution in [2.75, 3.05) is 32.7 Å². The lowest BCUT2D eigenvalue weighted by Crippen LogP contribution is -2.48. The van der Waals surface area contributed by atoms with Gasteiger partial charge in [0, 0.05) is 38.3 Å². The topological polar surface area (TPSA) is 47.9 Å². The largest absolute Gasteiger partial charge is 0.297 e. The molecule has 34 heavy (non-hydrogen) atoms. The van der Waals surface area contributed by atoms with Crippen LogP contribution in [0.4, 0.5) is 0 Å². The average Bonchev–Trinajstić information content (AvgIpc) is 2.86. The van der Waals surface area contributed by atoms with Crippen LogP contribution in [-0.4, -0.2) is 54.6 Å². The van der Waals surface area contributed by atoms with Crippen molar-refractivity contribution in [2.24, 2.45) is 5.10 Å². The molecule has 1 N–H and O–H groups in total. The van der Waals surface area contributed by atoms with Crippen molar-refractivity contribution in [3.8, 4) is 0 Å². The standard InChI is InChI=1S/C29H30N4O/c1-22-10-12-23(13-11-22)20-32-14-16-33(17-15-32)21-29(34)31-30-19-28-26-8-4-2-6-24(26)18-25-7-3-5-9-27(25)28/h2-13,18-19H,14-17,20-21H2,1H3,(H,31,34)/b30-19+. The molecule has 1 aliphatic heterocycles. The zero-order chi connectivity index (χ0) is 23.3. The Kier molecular flexibility index (Phi) is 6.65. The van der Waals surface area contributed by atoms with Crippen LogP contribution in [0.3, 0.4) is 0 Å². The van der Waals surface area contributed by atoms with Crippen LogP contribution in [0.15, 0.2) is 84.0 Å². The first kappa shape index (κ1) is 22.3. The number of fused-ring (bicyclic) bond motifs is 2. The molecule has 0 unspecified atom stereocenters. The molecule has 0 spiro atoms. The molecule has 1 saturated heterocycles. The Labute approximate surface area is 200 Å². The Balaban J connectivity index is 1.17. The van der Waals surface area contributed by atoms with Crippen LogP contribution in [0.25, 0.3) is 21.5 Å². The number of carbonyl (C=O) groups excluding carboxylic acids is 1. The number of carbonyl (C=O) groups is 1. The van der Waals surface area contributed by atoms with Gasteiger partial charge in [0.05, 0.1) is 12.8 Å². The molecule has 1 aliphatic rings. The van der Waals surface area contributed by atoms with Gasteiger partial charge in [-0.05, 0) is 40.1 Å². The van der Waals surface area contributed by atoms with E-state index >= 15 is 0 Å². The van der Waals surface area contributed by atoms with Crippen LogP contribution in [0.5, 0.6) is 0 Å². The Morgan fingerprint density at radius 2 is 1.44 bits per heavy atom. The quantitative estimate of drug-likeness (QED) is 0.266. The number of nitrogens with zero attached hydrogens (tertiary/aromatic N) is 3. The Bertz CT molecular complexity index is 1270. The molecule has 0 radical (unpaired) electrons. The number of hydrogen-bond acceptors (Lipinski definition) is 4. The maximum absolute atomic E-state index is 12.6. The van der Waals surface area contributed by atoms with Gasteiger partial charge >= 0.3 is 0 Å². The summed E-state index contributed by atoms with van der Waals surface area (Å²) < 4.78 is 0. The first-order chi connectivity index (χ1) is 16.7. The van der Waals surface area contributed by atoms with Crippen molar-refractivity contribution in [3.63, 3.8) is 0 Å². The van der Waals surface area contributed by atoms with Gasteiger partial charge in [0.1, 0.15) is 0 Å². The SMILES string of the molecule is Cc1ccc(CN2CCN(CC(=O)N/N=C/c3c4ccccc4cc4ccccc34)CC2)cc1. The second-order valence-electron chi connectivity index (χ2n) is 9.06. The minimum absolute atomic E-state index is 0.0761. The molecule has 5 nitrogen and oxygen atoms in total. The molecule has 5 rings (SSSR count). The number of rotatable bonds is 6. The van der Waals surface area contributed by atoms with E-state index in [4.69, 9.17) is 0 Å². The molecule has 0 aromatic heterocycles. The average molecular weight is 451 g/mol. The van der Waals surface area contributed by atoms with Crippen LogP contribution in [-0.2, 0) is 11.3 Å². The minimum atomic E-state index is -0.0761. The van der Waals surface area contributed by atoms with Crippen molar-refractivity contribution in [3.05, 3.63) is 95.6 Å². The van der Waals surface area contributed by atoms with Gasteiger partial charge in [-0.2, -0.15) is 5.10 Å². The fourth-order valence-corrected chi connectivity index (χ4v) is 4.65. The summed E-state index contributed by atoms with van der Waals surface area (Å²) in [6.07, 6.45) is 1.78. The van der Waals surface area contributed by atoms with E-state index in [-0.39, 0.29) is 5.91 Å². The summed E-state index contributed by atoms with van der Waals surface area (Å²) in [6, 6.07) is 27.5. The lowest BCUT2D eigenvalue weighted by Gasteiger charge is -2.34. The van der Waals surface area contributed by atoms with E-state index in [1.165, 1.54) is 11.1 Å². The summed E-state index contributed by atoms with van der Waals surface area (Å²) in [4.78, 5) is 17.2. The minimum Gasteiger partial charge on any atom is -0.297 e. The summed E-state index contributed by atoms with van der Waals surface area (Å²) in [5, 5.41) is 8.91. The summed E-state index contributed by atoms with van der Waals surface area (Å²) >= 11 is 0. The number of hydrogen-bond donors (Lipinski definition) is 1. The molecule has 4 aromatic carbocycles. The van der Waals surface area contributed by atoms with Crippen molar-refractivity contribution < 1.29 is 4.79 Å². The first-order valence-electron chi connectivity index (χ1n) is 11.9. The molecule has 0 atom stereocenters. The highest BCUT2D eigenvalue weighted by molar-refractivity contribution is 6.13. The molecular formula is C29H30N4O. The van der Waals surface area contributed by atoms with E-state index in [0.717, 1.165) is 59.8 Å². The van der Waals surface area contributed by atoms with Crippen LogP contribution in [0.1, 0.15) is 16.7 Å². The van der Waals surface area contributed by atoms with Gasteiger partial charge in [-0.1, -0.05) is 78.4 Å². The molecule has 1 amide bonds. The number of aryl methyl sites for hydroxylation is 1. The highest BCUT2D eigenvalue weighted by atomic mass is 16.2. The molecule has 0 bridgehead atoms. The third kappa shape index (κ3) is 5.16. The van der Waals surface area contributed by atoms with E-state index in [1.807, 2.05) is 24.3 Å². The first-order valence-corrected chi connectivity index (χ1v) is 11.9. The smallest absolute Gasteiger partial charge is 0.254 e. The van der Waals surface area contributed by atoms with Crippen molar-refractivity contribution in [1.82, 2.24) is 15.2 Å². The predicted molar refractivity (Wildman–Crippen MR) is 140 cm³/mol. The van der Waals surface area contributed by atoms with Crippen molar-refractivity contribution >= 4 is 33.7 Å². The molecule has 0 aliphatic carbocycles. The molecule has 4 aromatic rings. The predicted octanol–water partition coefficient (Wildman–Crippen LogP) is 4.57. The molecule has 1 fully saturated rings. The normalized spacial score (nSPS) is 15.3. The van der Waals surface area contributed by atoms with Gasteiger partial charge in [0.2, 0.25) is 0 Å². The van der Waals surface area contributed by atoms with Gasteiger partial charge in [-0.25, -0.2) is 5.43 Å². The number of piperazine rings is 1. The van der Waals surface area contributed by atoms with E-state index in [9.17, 15) is 4.79 Å². The zero-order valence-corrected chi connectivity index (χ0v) is 19.6. The van der Waals surface area contributed by atoms with Crippen molar-refractivity contribution in [2.45, 2.75) is 13.5 Å². The number of nitrogens with one attached hydrogen (secondary N) is 1. The highest BCUT2D eigenvalue weighted by Crippen LogP contribution is 2.27. The van der Waals surface area contributed by atoms with Gasteiger partial charge in [0.15, 0.2) is 0 Å². The lowest BCUT2D eigenvalue weighted by atomic mass is 9.97. The maximum Gasteiger partial charge on any atom is 0.254 e. The monoisotopic (exact) mass is 450 g/mol. The van der Waals surface area contributed by atoms with E-state index in [1.54, 1.807) is 6.21 Å². The van der Waals surface area contributed by atoms with E-state index in [0.29, 0.717) is 6.54 Å². The molecular weight excluding hydrogens is 420 g/mol. The Hall–Kier alpha value is -3.54. The second kappa shape index (κ2) is 10.2. The van der Waals surface area contributed by atoms with Crippen LogP contribution >= 0.6 is 0 Å². The summed E-state index contributed by atoms with van der Waals surface area (Å²) in [5.41, 5.74) is 6.39. The van der Waals surface area contributed by atoms with Gasteiger partial charge in [-0.15, -0.1) is 0 Å². The van der Waals surface area contributed by atoms with E-state index in [2.05, 4.69) is 81.8 Å². The maximum atomic E-state index is 12.6. The summed E-state index contributed by atoms with van der Waals surface area (Å²) in [7, 11) is 0. The fraction of sp³-hybridized carbons (Fsp3) is 0.241. The highest BCUT2D eigenvalue weighted by Gasteiger charge is 2.19. The van der Waals surface area contributed by atoms with Gasteiger partial charge in [0.25, 0.3) is 5.91 Å². The summed E-state index contributed by atoms with van der Waals surface area (Å²) in [6.45, 7) is 7.14. The van der Waals surface area contributed by atoms with Gasteiger partial charge in [-0.3, -0.25) is 14.6 Å². The van der Waals surface area contributed by atoms with Crippen molar-refractivity contribution in [1.29, 1.82) is 0 Å². The third-order valence-electron chi connectivity index (χ3n) is 6.55. The van der Waals surface area contributed by atoms with Crippen LogP contribution in [0.2, 0.25) is 0 Å². The number of hydrazone groups is 1. The summed E-state index contributed by atoms with van der Waals surface area (Å²) in [5.74, 6) is -0.0761. The number of amides is 1.